The lowest BCUT2D eigenvalue weighted by Crippen LogP contribution is -2.59. The van der Waals surface area contributed by atoms with Gasteiger partial charge in [0.15, 0.2) is 5.82 Å². The molecule has 0 spiro atoms. The Morgan fingerprint density at radius 1 is 0.880 bits per heavy atom. The molecule has 1 fully saturated rings. The van der Waals surface area contributed by atoms with Gasteiger partial charge in [0.1, 0.15) is 11.8 Å². The number of esters is 1. The Labute approximate surface area is 299 Å². The highest BCUT2D eigenvalue weighted by molar-refractivity contribution is 7.14. The highest BCUT2D eigenvalue weighted by Crippen LogP contribution is 2.30. The van der Waals surface area contributed by atoms with E-state index in [2.05, 4.69) is 43.0 Å². The molecule has 5 rings (SSSR count). The Bertz CT molecular complexity index is 1720. The van der Waals surface area contributed by atoms with Crippen LogP contribution >= 0.6 is 11.3 Å². The fraction of sp³-hybridized carbons (Fsp3) is 0.425. The van der Waals surface area contributed by atoms with Crippen molar-refractivity contribution in [2.45, 2.75) is 77.7 Å². The minimum Gasteiger partial charge on any atom is -0.494 e. The highest BCUT2D eigenvalue weighted by atomic mass is 32.1. The topological polar surface area (TPSA) is 111 Å². The second-order valence-corrected chi connectivity index (χ2v) is 15.0. The van der Waals surface area contributed by atoms with Gasteiger partial charge in [-0.2, -0.15) is 0 Å². The summed E-state index contributed by atoms with van der Waals surface area (Å²) in [5.74, 6) is 0.254. The van der Waals surface area contributed by atoms with Crippen molar-refractivity contribution in [2.24, 2.45) is 5.92 Å². The summed E-state index contributed by atoms with van der Waals surface area (Å²) in [4.78, 5) is 51.4. The van der Waals surface area contributed by atoms with Crippen LogP contribution in [0.1, 0.15) is 79.9 Å². The normalized spacial score (nSPS) is 13.7. The van der Waals surface area contributed by atoms with E-state index >= 15 is 0 Å². The molecule has 1 atom stereocenters. The molecule has 1 aliphatic heterocycles. The molecule has 3 heterocycles. The number of carbonyl (C=O) groups is 3. The number of carbonyl (C=O) groups excluding carboxylic acids is 3. The first-order chi connectivity index (χ1) is 24.0. The molecule has 10 heteroatoms. The summed E-state index contributed by atoms with van der Waals surface area (Å²) < 4.78 is 10.7. The van der Waals surface area contributed by atoms with Gasteiger partial charge in [0, 0.05) is 47.9 Å². The number of aromatic nitrogens is 2. The maximum Gasteiger partial charge on any atom is 0.312 e. The first kappa shape index (κ1) is 36.7. The van der Waals surface area contributed by atoms with Gasteiger partial charge in [-0.05, 0) is 47.2 Å². The zero-order valence-electron chi connectivity index (χ0n) is 29.7. The van der Waals surface area contributed by atoms with Crippen LogP contribution in [0.15, 0.2) is 73.1 Å². The van der Waals surface area contributed by atoms with E-state index in [-0.39, 0.29) is 42.2 Å². The molecule has 0 radical (unpaired) electrons. The van der Waals surface area contributed by atoms with Crippen LogP contribution in [-0.2, 0) is 26.2 Å². The third-order valence-electron chi connectivity index (χ3n) is 8.91. The Balaban J connectivity index is 1.22. The number of likely N-dealkylation sites (tertiary alicyclic amines) is 1. The minimum atomic E-state index is -0.801. The third kappa shape index (κ3) is 9.56. The molecule has 264 valence electrons. The van der Waals surface area contributed by atoms with Crippen LogP contribution in [0.2, 0.25) is 0 Å². The molecule has 9 nitrogen and oxygen atoms in total. The summed E-state index contributed by atoms with van der Waals surface area (Å²) in [7, 11) is 1.34. The number of ether oxygens (including phenoxy) is 2. The highest BCUT2D eigenvalue weighted by Gasteiger charge is 2.39. The third-order valence-corrected chi connectivity index (χ3v) is 10.4. The molecule has 0 saturated carbocycles. The average molecular weight is 697 g/mol. The fourth-order valence-electron chi connectivity index (χ4n) is 5.78. The number of amides is 2. The second-order valence-electron chi connectivity index (χ2n) is 13.9. The zero-order valence-corrected chi connectivity index (χ0v) is 30.6. The first-order valence-corrected chi connectivity index (χ1v) is 18.3. The van der Waals surface area contributed by atoms with Crippen molar-refractivity contribution in [3.8, 4) is 28.3 Å². The summed E-state index contributed by atoms with van der Waals surface area (Å²) in [5, 5.41) is 2.98. The van der Waals surface area contributed by atoms with Gasteiger partial charge in [-0.1, -0.05) is 89.8 Å². The van der Waals surface area contributed by atoms with E-state index in [1.807, 2.05) is 67.0 Å². The van der Waals surface area contributed by atoms with E-state index in [0.717, 1.165) is 45.9 Å². The first-order valence-electron chi connectivity index (χ1n) is 17.5. The maximum absolute atomic E-state index is 13.6. The van der Waals surface area contributed by atoms with Crippen LogP contribution in [0.3, 0.4) is 0 Å². The van der Waals surface area contributed by atoms with Gasteiger partial charge in [-0.3, -0.25) is 14.4 Å². The van der Waals surface area contributed by atoms with Gasteiger partial charge in [-0.15, -0.1) is 11.3 Å². The number of nitrogens with one attached hydrogen (secondary N) is 1. The molecule has 0 unspecified atom stereocenters. The predicted octanol–water partition coefficient (Wildman–Crippen LogP) is 7.49. The van der Waals surface area contributed by atoms with Crippen molar-refractivity contribution in [2.75, 3.05) is 26.8 Å². The zero-order chi connectivity index (χ0) is 35.7. The monoisotopic (exact) mass is 696 g/mol. The van der Waals surface area contributed by atoms with Crippen molar-refractivity contribution in [1.82, 2.24) is 20.2 Å². The van der Waals surface area contributed by atoms with Crippen molar-refractivity contribution in [3.05, 3.63) is 88.4 Å². The van der Waals surface area contributed by atoms with Crippen molar-refractivity contribution < 1.29 is 23.9 Å². The van der Waals surface area contributed by atoms with E-state index in [4.69, 9.17) is 9.47 Å². The van der Waals surface area contributed by atoms with Gasteiger partial charge < -0.3 is 19.7 Å². The van der Waals surface area contributed by atoms with E-state index in [0.29, 0.717) is 17.1 Å². The SMILES string of the molecule is CCCCCCCOc1ccc(-c2cnc(-c3ccc(C[C@H](NC(=O)c4ccc(C(C)(C)C)s4)C(=O)N4CC(C(=O)OC)C4)cc3)nc2)cc1. The van der Waals surface area contributed by atoms with E-state index < -0.39 is 6.04 Å². The lowest BCUT2D eigenvalue weighted by atomic mass is 9.95. The summed E-state index contributed by atoms with van der Waals surface area (Å²) >= 11 is 1.43. The molecular weight excluding hydrogens is 649 g/mol. The second kappa shape index (κ2) is 16.9. The quantitative estimate of drug-likeness (QED) is 0.101. The molecule has 50 heavy (non-hydrogen) atoms. The molecule has 1 aliphatic rings. The Morgan fingerprint density at radius 3 is 2.16 bits per heavy atom. The smallest absolute Gasteiger partial charge is 0.312 e. The van der Waals surface area contributed by atoms with Crippen molar-refractivity contribution >= 4 is 29.1 Å². The van der Waals surface area contributed by atoms with Crippen LogP contribution < -0.4 is 10.1 Å². The summed E-state index contributed by atoms with van der Waals surface area (Å²) in [6.45, 7) is 9.79. The molecule has 2 aromatic carbocycles. The number of benzene rings is 2. The van der Waals surface area contributed by atoms with Crippen LogP contribution in [0.25, 0.3) is 22.5 Å². The molecule has 4 aromatic rings. The van der Waals surface area contributed by atoms with E-state index in [1.165, 1.54) is 44.1 Å². The van der Waals surface area contributed by atoms with Crippen LogP contribution in [0, 0.1) is 5.92 Å². The Kier molecular flexibility index (Phi) is 12.4. The number of hydrogen-bond acceptors (Lipinski definition) is 8. The molecule has 0 aliphatic carbocycles. The van der Waals surface area contributed by atoms with Gasteiger partial charge >= 0.3 is 5.97 Å². The lowest BCUT2D eigenvalue weighted by molar-refractivity contribution is -0.156. The number of nitrogens with zero attached hydrogens (tertiary/aromatic N) is 3. The van der Waals surface area contributed by atoms with Gasteiger partial charge in [0.2, 0.25) is 5.91 Å². The Morgan fingerprint density at radius 2 is 1.54 bits per heavy atom. The predicted molar refractivity (Wildman–Crippen MR) is 197 cm³/mol. The number of thiophene rings is 1. The van der Waals surface area contributed by atoms with E-state index in [1.54, 1.807) is 11.0 Å². The number of unbranched alkanes of at least 4 members (excludes halogenated alkanes) is 4. The van der Waals surface area contributed by atoms with Crippen LogP contribution in [-0.4, -0.2) is 65.5 Å². The summed E-state index contributed by atoms with van der Waals surface area (Å²) in [6, 6.07) is 18.7. The van der Waals surface area contributed by atoms with Crippen molar-refractivity contribution in [1.29, 1.82) is 0 Å². The molecule has 2 aromatic heterocycles. The molecular formula is C40H48N4O5S. The largest absolute Gasteiger partial charge is 0.494 e. The summed E-state index contributed by atoms with van der Waals surface area (Å²) in [5.41, 5.74) is 3.55. The average Bonchev–Trinajstić information content (AvgIpc) is 3.61. The maximum atomic E-state index is 13.6. The lowest BCUT2D eigenvalue weighted by Gasteiger charge is -2.39. The number of hydrogen-bond donors (Lipinski definition) is 1. The minimum absolute atomic E-state index is 0.0849. The molecule has 0 bridgehead atoms. The molecule has 1 N–H and O–H groups in total. The summed E-state index contributed by atoms with van der Waals surface area (Å²) in [6.07, 6.45) is 9.96. The molecule has 2 amide bonds. The van der Waals surface area contributed by atoms with Gasteiger partial charge in [-0.25, -0.2) is 9.97 Å². The standard InChI is InChI=1S/C40H48N4O5S/c1-6-7-8-9-10-21-49-32-17-15-28(16-18-32)30-23-41-36(42-24-30)29-13-11-27(12-14-29)22-33(38(46)44-25-31(26-44)39(47)48-5)43-37(45)34-19-20-35(50-34)40(2,3)4/h11-20,23-24,31,33H,6-10,21-22,25-26H2,1-5H3,(H,43,45)/t33-/m0/s1. The molecule has 1 saturated heterocycles. The van der Waals surface area contributed by atoms with Crippen LogP contribution in [0.5, 0.6) is 5.75 Å². The van der Waals surface area contributed by atoms with Crippen LogP contribution in [0.4, 0.5) is 0 Å². The fourth-order valence-corrected chi connectivity index (χ4v) is 6.75. The Hall–Kier alpha value is -4.57. The van der Waals surface area contributed by atoms with Gasteiger partial charge in [0.05, 0.1) is 24.5 Å². The van der Waals surface area contributed by atoms with E-state index in [9.17, 15) is 14.4 Å². The number of methoxy groups -OCH3 is 1. The van der Waals surface area contributed by atoms with Gasteiger partial charge in [0.25, 0.3) is 5.91 Å². The van der Waals surface area contributed by atoms with Crippen molar-refractivity contribution in [3.63, 3.8) is 0 Å². The number of rotatable bonds is 15.